The van der Waals surface area contributed by atoms with Gasteiger partial charge in [-0.2, -0.15) is 0 Å². The van der Waals surface area contributed by atoms with E-state index >= 15 is 0 Å². The third-order valence-electron chi connectivity index (χ3n) is 3.27. The lowest BCUT2D eigenvalue weighted by Gasteiger charge is -2.38. The van der Waals surface area contributed by atoms with Crippen LogP contribution in [0.4, 0.5) is 0 Å². The van der Waals surface area contributed by atoms with Crippen LogP contribution in [0.3, 0.4) is 0 Å². The molecule has 0 saturated heterocycles. The molecule has 1 atom stereocenters. The van der Waals surface area contributed by atoms with Crippen molar-refractivity contribution in [2.45, 2.75) is 44.6 Å². The summed E-state index contributed by atoms with van der Waals surface area (Å²) in [6, 6.07) is 0. The Bertz CT molecular complexity index is 274. The van der Waals surface area contributed by atoms with Gasteiger partial charge in [0.1, 0.15) is 5.54 Å². The van der Waals surface area contributed by atoms with Crippen molar-refractivity contribution >= 4 is 11.9 Å². The number of nitrogens with two attached hydrogens (primary N) is 1. The molecule has 1 unspecified atom stereocenters. The van der Waals surface area contributed by atoms with Crippen molar-refractivity contribution in [3.05, 3.63) is 0 Å². The first-order chi connectivity index (χ1) is 7.52. The summed E-state index contributed by atoms with van der Waals surface area (Å²) in [7, 11) is 0. The van der Waals surface area contributed by atoms with Crippen LogP contribution in [-0.2, 0) is 9.59 Å². The van der Waals surface area contributed by atoms with Gasteiger partial charge in [-0.05, 0) is 38.6 Å². The molecule has 1 rings (SSSR count). The van der Waals surface area contributed by atoms with E-state index in [4.69, 9.17) is 10.8 Å². The lowest BCUT2D eigenvalue weighted by Crippen LogP contribution is -2.60. The van der Waals surface area contributed by atoms with Gasteiger partial charge in [0, 0.05) is 5.92 Å². The number of hydrogen-bond donors (Lipinski definition) is 3. The smallest absolute Gasteiger partial charge is 0.329 e. The predicted molar refractivity (Wildman–Crippen MR) is 59.8 cm³/mol. The lowest BCUT2D eigenvalue weighted by molar-refractivity contribution is -0.152. The molecule has 1 amide bonds. The van der Waals surface area contributed by atoms with E-state index in [-0.39, 0.29) is 11.8 Å². The number of carboxylic acids is 1. The third-order valence-corrected chi connectivity index (χ3v) is 3.27. The van der Waals surface area contributed by atoms with Crippen LogP contribution < -0.4 is 11.1 Å². The Hall–Kier alpha value is -1.10. The normalized spacial score (nSPS) is 19.6. The highest BCUT2D eigenvalue weighted by atomic mass is 16.4. The SMILES string of the molecule is CC(CCCN)C(=O)NC1(C(=O)O)CCC1. The van der Waals surface area contributed by atoms with Crippen molar-refractivity contribution in [2.75, 3.05) is 6.54 Å². The number of aliphatic carboxylic acids is 1. The highest BCUT2D eigenvalue weighted by molar-refractivity contribution is 5.88. The standard InChI is InChI=1S/C11H20N2O3/c1-8(4-2-7-12)9(14)13-11(10(15)16)5-3-6-11/h8H,2-7,12H2,1H3,(H,13,14)(H,15,16). The predicted octanol–water partition coefficient (Wildman–Crippen LogP) is 0.485. The van der Waals surface area contributed by atoms with Gasteiger partial charge in [0.15, 0.2) is 0 Å². The zero-order valence-electron chi connectivity index (χ0n) is 9.66. The summed E-state index contributed by atoms with van der Waals surface area (Å²) in [5, 5.41) is 11.7. The second-order valence-corrected chi connectivity index (χ2v) is 4.56. The van der Waals surface area contributed by atoms with E-state index in [1.54, 1.807) is 6.92 Å². The average molecular weight is 228 g/mol. The van der Waals surface area contributed by atoms with Crippen LogP contribution in [-0.4, -0.2) is 29.1 Å². The molecule has 0 spiro atoms. The highest BCUT2D eigenvalue weighted by Gasteiger charge is 2.46. The molecule has 0 aromatic carbocycles. The second kappa shape index (κ2) is 5.30. The number of carbonyl (C=O) groups excluding carboxylic acids is 1. The molecule has 0 aliphatic heterocycles. The van der Waals surface area contributed by atoms with E-state index in [9.17, 15) is 9.59 Å². The van der Waals surface area contributed by atoms with E-state index in [0.29, 0.717) is 25.8 Å². The summed E-state index contributed by atoms with van der Waals surface area (Å²) >= 11 is 0. The summed E-state index contributed by atoms with van der Waals surface area (Å²) in [6.45, 7) is 2.36. The molecule has 1 saturated carbocycles. The fourth-order valence-electron chi connectivity index (χ4n) is 1.84. The maximum atomic E-state index is 11.7. The Morgan fingerprint density at radius 1 is 1.50 bits per heavy atom. The van der Waals surface area contributed by atoms with E-state index in [1.807, 2.05) is 0 Å². The molecule has 1 aliphatic carbocycles. The van der Waals surface area contributed by atoms with Crippen molar-refractivity contribution in [1.29, 1.82) is 0 Å². The van der Waals surface area contributed by atoms with Gasteiger partial charge in [-0.1, -0.05) is 6.92 Å². The molecule has 0 radical (unpaired) electrons. The van der Waals surface area contributed by atoms with E-state index in [1.165, 1.54) is 0 Å². The van der Waals surface area contributed by atoms with Gasteiger partial charge in [0.25, 0.3) is 0 Å². The first-order valence-corrected chi connectivity index (χ1v) is 5.77. The van der Waals surface area contributed by atoms with Crippen molar-refractivity contribution in [3.63, 3.8) is 0 Å². The molecule has 1 aliphatic rings. The minimum atomic E-state index is -0.992. The summed E-state index contributed by atoms with van der Waals surface area (Å²) in [5.41, 5.74) is 4.37. The van der Waals surface area contributed by atoms with Crippen molar-refractivity contribution < 1.29 is 14.7 Å². The van der Waals surface area contributed by atoms with Gasteiger partial charge in [-0.15, -0.1) is 0 Å². The first kappa shape index (κ1) is 13.0. The second-order valence-electron chi connectivity index (χ2n) is 4.56. The van der Waals surface area contributed by atoms with Crippen LogP contribution >= 0.6 is 0 Å². The molecule has 1 fully saturated rings. The summed E-state index contributed by atoms with van der Waals surface area (Å²) in [6.07, 6.45) is 3.44. The Labute approximate surface area is 95.4 Å². The largest absolute Gasteiger partial charge is 0.480 e. The highest BCUT2D eigenvalue weighted by Crippen LogP contribution is 2.32. The number of rotatable bonds is 6. The van der Waals surface area contributed by atoms with Gasteiger partial charge in [0.2, 0.25) is 5.91 Å². The Morgan fingerprint density at radius 2 is 2.12 bits per heavy atom. The fraction of sp³-hybridized carbons (Fsp3) is 0.818. The number of hydrogen-bond acceptors (Lipinski definition) is 3. The minimum absolute atomic E-state index is 0.166. The van der Waals surface area contributed by atoms with Crippen LogP contribution in [0.1, 0.15) is 39.0 Å². The maximum absolute atomic E-state index is 11.7. The molecule has 4 N–H and O–H groups in total. The van der Waals surface area contributed by atoms with Gasteiger partial charge in [0.05, 0.1) is 0 Å². The molecule has 0 aromatic rings. The fourth-order valence-corrected chi connectivity index (χ4v) is 1.84. The van der Waals surface area contributed by atoms with Crippen molar-refractivity contribution in [3.8, 4) is 0 Å². The van der Waals surface area contributed by atoms with Gasteiger partial charge in [-0.25, -0.2) is 4.79 Å². The Morgan fingerprint density at radius 3 is 2.50 bits per heavy atom. The van der Waals surface area contributed by atoms with Crippen molar-refractivity contribution in [2.24, 2.45) is 11.7 Å². The van der Waals surface area contributed by atoms with E-state index < -0.39 is 11.5 Å². The summed E-state index contributed by atoms with van der Waals surface area (Å²) in [4.78, 5) is 22.8. The summed E-state index contributed by atoms with van der Waals surface area (Å²) < 4.78 is 0. The Kier molecular flexibility index (Phi) is 4.29. The van der Waals surface area contributed by atoms with Gasteiger partial charge in [-0.3, -0.25) is 4.79 Å². The molecule has 92 valence electrons. The number of nitrogens with one attached hydrogen (secondary N) is 1. The number of carbonyl (C=O) groups is 2. The zero-order chi connectivity index (χ0) is 12.2. The topological polar surface area (TPSA) is 92.4 Å². The third kappa shape index (κ3) is 2.72. The van der Waals surface area contributed by atoms with E-state index in [0.717, 1.165) is 12.8 Å². The monoisotopic (exact) mass is 228 g/mol. The summed E-state index contributed by atoms with van der Waals surface area (Å²) in [5.74, 6) is -1.26. The molecule has 0 aromatic heterocycles. The average Bonchev–Trinajstić information content (AvgIpc) is 2.18. The maximum Gasteiger partial charge on any atom is 0.329 e. The van der Waals surface area contributed by atoms with E-state index in [2.05, 4.69) is 5.32 Å². The molecule has 0 bridgehead atoms. The van der Waals surface area contributed by atoms with Gasteiger partial charge >= 0.3 is 5.97 Å². The molecule has 5 nitrogen and oxygen atoms in total. The van der Waals surface area contributed by atoms with Crippen LogP contribution in [0.25, 0.3) is 0 Å². The molecular formula is C11H20N2O3. The number of carboxylic acid groups (broad SMARTS) is 1. The molecule has 16 heavy (non-hydrogen) atoms. The van der Waals surface area contributed by atoms with Gasteiger partial charge < -0.3 is 16.2 Å². The lowest BCUT2D eigenvalue weighted by atomic mass is 9.76. The Balaban J connectivity index is 2.46. The molecule has 5 heteroatoms. The molecular weight excluding hydrogens is 208 g/mol. The number of amides is 1. The molecule has 0 heterocycles. The van der Waals surface area contributed by atoms with Crippen LogP contribution in [0, 0.1) is 5.92 Å². The van der Waals surface area contributed by atoms with Crippen molar-refractivity contribution in [1.82, 2.24) is 5.32 Å². The first-order valence-electron chi connectivity index (χ1n) is 5.77. The van der Waals surface area contributed by atoms with Crippen LogP contribution in [0.15, 0.2) is 0 Å². The van der Waals surface area contributed by atoms with Crippen LogP contribution in [0.5, 0.6) is 0 Å². The quantitative estimate of drug-likeness (QED) is 0.616. The van der Waals surface area contributed by atoms with Crippen LogP contribution in [0.2, 0.25) is 0 Å². The minimum Gasteiger partial charge on any atom is -0.480 e. The zero-order valence-corrected chi connectivity index (χ0v) is 9.66.